The first kappa shape index (κ1) is 51.1. The summed E-state index contributed by atoms with van der Waals surface area (Å²) in [5.41, 5.74) is 0. The Balaban J connectivity index is 4.31. The maximum absolute atomic E-state index is 12.7. The highest BCUT2D eigenvalue weighted by Gasteiger charge is 2.31. The van der Waals surface area contributed by atoms with Crippen LogP contribution in [-0.4, -0.2) is 80.6 Å². The minimum absolute atomic E-state index is 0.0487. The van der Waals surface area contributed by atoms with E-state index in [4.69, 9.17) is 14.2 Å². The number of carbonyl (C=O) groups excluding carboxylic acids is 2. The molecule has 0 aliphatic carbocycles. The summed E-state index contributed by atoms with van der Waals surface area (Å²) in [7, 11) is 5.53. The SMILES string of the molecule is CCCCCCCCCCC/C=C/CCCCCCCC(=O)OC(COCCC(C(=O)O)[N+](C)(C)C)COC(=O)CCCCCCCCCCCCC. The Bertz CT molecular complexity index is 885. The van der Waals surface area contributed by atoms with Crippen molar-refractivity contribution >= 4 is 17.9 Å². The molecule has 0 aliphatic rings. The first-order valence-electron chi connectivity index (χ1n) is 22.2. The molecule has 0 heterocycles. The van der Waals surface area contributed by atoms with E-state index in [0.717, 1.165) is 51.4 Å². The third-order valence-electron chi connectivity index (χ3n) is 10.2. The minimum Gasteiger partial charge on any atom is -0.477 e. The number of allylic oxidation sites excluding steroid dienone is 2. The summed E-state index contributed by atoms with van der Waals surface area (Å²) in [6.45, 7) is 4.74. The quantitative estimate of drug-likeness (QED) is 0.0288. The summed E-state index contributed by atoms with van der Waals surface area (Å²) in [5, 5.41) is 9.61. The maximum Gasteiger partial charge on any atom is 0.362 e. The molecule has 0 aromatic carbocycles. The molecular weight excluding hydrogens is 666 g/mol. The van der Waals surface area contributed by atoms with Crippen molar-refractivity contribution in [2.45, 2.75) is 219 Å². The van der Waals surface area contributed by atoms with Gasteiger partial charge in [-0.3, -0.25) is 9.59 Å². The van der Waals surface area contributed by atoms with Crippen molar-refractivity contribution in [2.75, 3.05) is 41.0 Å². The molecule has 0 aliphatic heterocycles. The standard InChI is InChI=1S/C45H85NO7/c1-6-8-10-12-14-16-18-19-20-21-22-23-24-26-28-30-32-34-36-44(48)53-41(39-51-38-37-42(45(49)50)46(3,4)5)40-52-43(47)35-33-31-29-27-25-17-15-13-11-9-7-2/h22-23,41-42H,6-21,24-40H2,1-5H3/p+1/b23-22+. The van der Waals surface area contributed by atoms with Crippen LogP contribution in [0, 0.1) is 0 Å². The lowest BCUT2D eigenvalue weighted by atomic mass is 10.1. The number of carboxylic acids is 1. The number of unbranched alkanes of at least 4 members (excludes halogenated alkanes) is 24. The first-order chi connectivity index (χ1) is 25.6. The van der Waals surface area contributed by atoms with Crippen molar-refractivity contribution < 1.29 is 38.2 Å². The fourth-order valence-corrected chi connectivity index (χ4v) is 6.67. The highest BCUT2D eigenvalue weighted by Crippen LogP contribution is 2.15. The summed E-state index contributed by atoms with van der Waals surface area (Å²) >= 11 is 0. The zero-order valence-corrected chi connectivity index (χ0v) is 35.5. The van der Waals surface area contributed by atoms with E-state index in [2.05, 4.69) is 26.0 Å². The Morgan fingerprint density at radius 2 is 0.943 bits per heavy atom. The zero-order chi connectivity index (χ0) is 39.3. The molecule has 2 atom stereocenters. The summed E-state index contributed by atoms with van der Waals surface area (Å²) in [5.74, 6) is -1.47. The third kappa shape index (κ3) is 35.5. The second-order valence-corrected chi connectivity index (χ2v) is 16.3. The van der Waals surface area contributed by atoms with E-state index in [1.54, 1.807) is 0 Å². The smallest absolute Gasteiger partial charge is 0.362 e. The van der Waals surface area contributed by atoms with Gasteiger partial charge in [-0.25, -0.2) is 4.79 Å². The van der Waals surface area contributed by atoms with Crippen molar-refractivity contribution in [3.8, 4) is 0 Å². The van der Waals surface area contributed by atoms with E-state index in [0.29, 0.717) is 19.3 Å². The van der Waals surface area contributed by atoms with E-state index in [-0.39, 0.29) is 36.2 Å². The molecule has 1 N–H and O–H groups in total. The van der Waals surface area contributed by atoms with Gasteiger partial charge in [-0.05, 0) is 38.5 Å². The molecule has 0 saturated carbocycles. The van der Waals surface area contributed by atoms with Crippen LogP contribution < -0.4 is 0 Å². The van der Waals surface area contributed by atoms with Crippen LogP contribution in [0.1, 0.15) is 206 Å². The van der Waals surface area contributed by atoms with Gasteiger partial charge in [-0.15, -0.1) is 0 Å². The van der Waals surface area contributed by atoms with Gasteiger partial charge in [0.1, 0.15) is 6.61 Å². The fraction of sp³-hybridized carbons (Fsp3) is 0.889. The molecule has 0 bridgehead atoms. The number of nitrogens with zero attached hydrogens (tertiary/aromatic N) is 1. The molecule has 0 amide bonds. The monoisotopic (exact) mass is 753 g/mol. The number of esters is 2. The third-order valence-corrected chi connectivity index (χ3v) is 10.2. The predicted molar refractivity (Wildman–Crippen MR) is 220 cm³/mol. The Kier molecular flexibility index (Phi) is 35.7. The van der Waals surface area contributed by atoms with E-state index >= 15 is 0 Å². The van der Waals surface area contributed by atoms with Crippen molar-refractivity contribution in [3.05, 3.63) is 12.2 Å². The topological polar surface area (TPSA) is 99.1 Å². The average molecular weight is 753 g/mol. The number of quaternary nitrogens is 1. The second kappa shape index (κ2) is 37.0. The van der Waals surface area contributed by atoms with Crippen molar-refractivity contribution in [1.82, 2.24) is 0 Å². The van der Waals surface area contributed by atoms with Gasteiger partial charge in [0.15, 0.2) is 12.1 Å². The summed E-state index contributed by atoms with van der Waals surface area (Å²) < 4.78 is 17.3. The Hall–Kier alpha value is -1.93. The van der Waals surface area contributed by atoms with Gasteiger partial charge in [-0.1, -0.05) is 161 Å². The molecule has 0 fully saturated rings. The lowest BCUT2D eigenvalue weighted by Crippen LogP contribution is -2.50. The lowest BCUT2D eigenvalue weighted by Gasteiger charge is -2.31. The number of rotatable bonds is 40. The fourth-order valence-electron chi connectivity index (χ4n) is 6.67. The zero-order valence-electron chi connectivity index (χ0n) is 35.5. The number of carboxylic acid groups (broad SMARTS) is 1. The van der Waals surface area contributed by atoms with Crippen LogP contribution in [0.25, 0.3) is 0 Å². The van der Waals surface area contributed by atoms with Crippen LogP contribution in [0.5, 0.6) is 0 Å². The normalized spacial score (nSPS) is 13.0. The van der Waals surface area contributed by atoms with Crippen LogP contribution in [0.4, 0.5) is 0 Å². The van der Waals surface area contributed by atoms with Gasteiger partial charge in [0.25, 0.3) is 0 Å². The number of aliphatic carboxylic acids is 1. The molecule has 0 rings (SSSR count). The van der Waals surface area contributed by atoms with Crippen molar-refractivity contribution in [3.63, 3.8) is 0 Å². The van der Waals surface area contributed by atoms with Crippen LogP contribution in [0.3, 0.4) is 0 Å². The molecule has 0 saturated heterocycles. The van der Waals surface area contributed by atoms with Gasteiger partial charge in [0.2, 0.25) is 0 Å². The van der Waals surface area contributed by atoms with Gasteiger partial charge in [0.05, 0.1) is 34.4 Å². The largest absolute Gasteiger partial charge is 0.477 e. The molecule has 8 nitrogen and oxygen atoms in total. The molecule has 0 aromatic heterocycles. The molecule has 0 radical (unpaired) electrons. The molecule has 312 valence electrons. The second-order valence-electron chi connectivity index (χ2n) is 16.3. The number of hydrogen-bond acceptors (Lipinski definition) is 6. The summed E-state index contributed by atoms with van der Waals surface area (Å²) in [4.78, 5) is 36.9. The van der Waals surface area contributed by atoms with E-state index in [1.807, 2.05) is 21.1 Å². The Morgan fingerprint density at radius 1 is 0.547 bits per heavy atom. The maximum atomic E-state index is 12.7. The molecule has 2 unspecified atom stereocenters. The molecule has 8 heteroatoms. The number of hydrogen-bond donors (Lipinski definition) is 1. The molecule has 53 heavy (non-hydrogen) atoms. The van der Waals surface area contributed by atoms with Crippen LogP contribution in [0.2, 0.25) is 0 Å². The first-order valence-corrected chi connectivity index (χ1v) is 22.2. The van der Waals surface area contributed by atoms with Gasteiger partial charge >= 0.3 is 17.9 Å². The molecular formula is C45H86NO7+. The van der Waals surface area contributed by atoms with Crippen LogP contribution in [-0.2, 0) is 28.6 Å². The van der Waals surface area contributed by atoms with Crippen molar-refractivity contribution in [2.24, 2.45) is 0 Å². The minimum atomic E-state index is -0.874. The Labute approximate surface area is 327 Å². The summed E-state index contributed by atoms with van der Waals surface area (Å²) in [6, 6.07) is -0.611. The summed E-state index contributed by atoms with van der Waals surface area (Å²) in [6.07, 6.45) is 38.2. The van der Waals surface area contributed by atoms with Crippen molar-refractivity contribution in [1.29, 1.82) is 0 Å². The predicted octanol–water partition coefficient (Wildman–Crippen LogP) is 11.9. The highest BCUT2D eigenvalue weighted by atomic mass is 16.6. The van der Waals surface area contributed by atoms with Crippen LogP contribution in [0.15, 0.2) is 12.2 Å². The van der Waals surface area contributed by atoms with Gasteiger partial charge < -0.3 is 23.8 Å². The highest BCUT2D eigenvalue weighted by molar-refractivity contribution is 5.72. The molecule has 0 aromatic rings. The van der Waals surface area contributed by atoms with Gasteiger partial charge in [0, 0.05) is 19.3 Å². The lowest BCUT2D eigenvalue weighted by molar-refractivity contribution is -0.887. The van der Waals surface area contributed by atoms with E-state index < -0.39 is 18.1 Å². The van der Waals surface area contributed by atoms with Gasteiger partial charge in [-0.2, -0.15) is 0 Å². The number of likely N-dealkylation sites (N-methyl/N-ethyl adjacent to an activating group) is 1. The van der Waals surface area contributed by atoms with E-state index in [9.17, 15) is 19.5 Å². The number of carbonyl (C=O) groups is 3. The van der Waals surface area contributed by atoms with E-state index in [1.165, 1.54) is 122 Å². The van der Waals surface area contributed by atoms with Crippen LogP contribution >= 0.6 is 0 Å². The Morgan fingerprint density at radius 3 is 1.36 bits per heavy atom. The average Bonchev–Trinajstić information content (AvgIpc) is 3.11. The number of ether oxygens (including phenoxy) is 3. The molecule has 0 spiro atoms.